The number of rotatable bonds is 11. The minimum absolute atomic E-state index is 0.0528. The number of carbonyl (C=O) groups excluding carboxylic acids is 2. The quantitative estimate of drug-likeness (QED) is 0.402. The molecule has 158 valence electrons. The van der Waals surface area contributed by atoms with Crippen molar-refractivity contribution >= 4 is 23.9 Å². The van der Waals surface area contributed by atoms with E-state index >= 15 is 0 Å². The van der Waals surface area contributed by atoms with Crippen LogP contribution in [0.4, 0.5) is 0 Å². The van der Waals surface area contributed by atoms with Crippen LogP contribution in [0.25, 0.3) is 0 Å². The Kier molecular flexibility index (Phi) is 9.68. The van der Waals surface area contributed by atoms with Gasteiger partial charge in [-0.2, -0.15) is 0 Å². The number of carbonyl (C=O) groups is 4. The molecule has 0 heterocycles. The Hall–Kier alpha value is -2.38. The number of carboxylic acid groups (broad SMARTS) is 2. The van der Waals surface area contributed by atoms with E-state index in [0.29, 0.717) is 24.8 Å². The first kappa shape index (κ1) is 23.7. The summed E-state index contributed by atoms with van der Waals surface area (Å²) in [4.78, 5) is 48.0. The first-order valence-electron chi connectivity index (χ1n) is 9.75. The third-order valence-corrected chi connectivity index (χ3v) is 4.87. The highest BCUT2D eigenvalue weighted by Crippen LogP contribution is 2.40. The van der Waals surface area contributed by atoms with E-state index in [1.165, 1.54) is 0 Å². The van der Waals surface area contributed by atoms with Crippen LogP contribution in [0.5, 0.6) is 0 Å². The van der Waals surface area contributed by atoms with E-state index in [9.17, 15) is 29.4 Å². The van der Waals surface area contributed by atoms with E-state index in [1.807, 2.05) is 13.8 Å². The molecule has 0 aromatic rings. The molecule has 0 aromatic heterocycles. The molecular weight excluding hydrogens is 368 g/mol. The number of hydrogen-bond acceptors (Lipinski definition) is 6. The van der Waals surface area contributed by atoms with Crippen LogP contribution in [-0.4, -0.2) is 47.3 Å². The van der Waals surface area contributed by atoms with Crippen LogP contribution in [-0.2, 0) is 28.7 Å². The summed E-state index contributed by atoms with van der Waals surface area (Å²) in [5.41, 5.74) is 0.450. The van der Waals surface area contributed by atoms with Crippen molar-refractivity contribution in [1.82, 2.24) is 0 Å². The zero-order valence-corrected chi connectivity index (χ0v) is 16.7. The van der Waals surface area contributed by atoms with Gasteiger partial charge in [0.1, 0.15) is 0 Å². The van der Waals surface area contributed by atoms with Crippen LogP contribution >= 0.6 is 0 Å². The molecular formula is C20H30O8. The van der Waals surface area contributed by atoms with Crippen molar-refractivity contribution in [1.29, 1.82) is 0 Å². The molecule has 1 rings (SSSR count). The van der Waals surface area contributed by atoms with Crippen molar-refractivity contribution < 1.29 is 38.9 Å². The highest BCUT2D eigenvalue weighted by molar-refractivity contribution is 5.84. The largest absolute Gasteiger partial charge is 0.481 e. The fourth-order valence-corrected chi connectivity index (χ4v) is 3.50. The second-order valence-corrected chi connectivity index (χ2v) is 6.95. The summed E-state index contributed by atoms with van der Waals surface area (Å²) >= 11 is 0. The van der Waals surface area contributed by atoms with Crippen molar-refractivity contribution in [3.05, 3.63) is 11.6 Å². The molecule has 8 nitrogen and oxygen atoms in total. The lowest BCUT2D eigenvalue weighted by molar-refractivity contribution is -0.159. The minimum atomic E-state index is -1.23. The lowest BCUT2D eigenvalue weighted by atomic mass is 9.69. The molecule has 1 aliphatic carbocycles. The molecule has 4 atom stereocenters. The van der Waals surface area contributed by atoms with Gasteiger partial charge >= 0.3 is 23.9 Å². The van der Waals surface area contributed by atoms with Crippen LogP contribution in [0, 0.1) is 23.7 Å². The van der Waals surface area contributed by atoms with Gasteiger partial charge in [0.2, 0.25) is 0 Å². The van der Waals surface area contributed by atoms with Gasteiger partial charge < -0.3 is 19.7 Å². The average Bonchev–Trinajstić information content (AvgIpc) is 2.67. The summed E-state index contributed by atoms with van der Waals surface area (Å²) in [5, 5.41) is 19.0. The fraction of sp³-hybridized carbons (Fsp3) is 0.700. The first-order chi connectivity index (χ1) is 13.3. The van der Waals surface area contributed by atoms with Crippen molar-refractivity contribution in [3.63, 3.8) is 0 Å². The first-order valence-corrected chi connectivity index (χ1v) is 9.75. The maximum atomic E-state index is 12.6. The zero-order chi connectivity index (χ0) is 21.3. The zero-order valence-electron chi connectivity index (χ0n) is 16.7. The summed E-state index contributed by atoms with van der Waals surface area (Å²) in [7, 11) is 0. The second kappa shape index (κ2) is 11.5. The van der Waals surface area contributed by atoms with Gasteiger partial charge in [0.25, 0.3) is 0 Å². The molecule has 0 aliphatic heterocycles. The van der Waals surface area contributed by atoms with Crippen LogP contribution in [0.3, 0.4) is 0 Å². The SMILES string of the molecule is CCCOC(=O)CC(C(=O)OCCC)C1C=C(CC)C(C(=O)O)C(C(=O)O)C1. The Balaban J connectivity index is 3.20. The summed E-state index contributed by atoms with van der Waals surface area (Å²) in [6, 6.07) is 0. The number of hydrogen-bond donors (Lipinski definition) is 2. The highest BCUT2D eigenvalue weighted by atomic mass is 16.5. The van der Waals surface area contributed by atoms with Gasteiger partial charge in [0.05, 0.1) is 37.4 Å². The van der Waals surface area contributed by atoms with Gasteiger partial charge in [-0.15, -0.1) is 0 Å². The molecule has 8 heteroatoms. The summed E-state index contributed by atoms with van der Waals surface area (Å²) in [6.07, 6.45) is 2.95. The number of carboxylic acids is 2. The van der Waals surface area contributed by atoms with Crippen LogP contribution in [0.1, 0.15) is 52.9 Å². The predicted molar refractivity (Wildman–Crippen MR) is 99.3 cm³/mol. The van der Waals surface area contributed by atoms with E-state index < -0.39 is 47.5 Å². The lowest BCUT2D eigenvalue weighted by Gasteiger charge is -2.34. The fourth-order valence-electron chi connectivity index (χ4n) is 3.50. The lowest BCUT2D eigenvalue weighted by Crippen LogP contribution is -2.39. The monoisotopic (exact) mass is 398 g/mol. The summed E-state index contributed by atoms with van der Waals surface area (Å²) < 4.78 is 10.3. The molecule has 0 bridgehead atoms. The molecule has 0 aromatic carbocycles. The second-order valence-electron chi connectivity index (χ2n) is 6.95. The normalized spacial score (nSPS) is 22.7. The molecule has 0 spiro atoms. The maximum Gasteiger partial charge on any atom is 0.311 e. The maximum absolute atomic E-state index is 12.6. The van der Waals surface area contributed by atoms with Gasteiger partial charge in [0.15, 0.2) is 0 Å². The van der Waals surface area contributed by atoms with E-state index in [2.05, 4.69) is 0 Å². The third-order valence-electron chi connectivity index (χ3n) is 4.87. The smallest absolute Gasteiger partial charge is 0.311 e. The Bertz CT molecular complexity index is 609. The van der Waals surface area contributed by atoms with Gasteiger partial charge in [-0.3, -0.25) is 19.2 Å². The van der Waals surface area contributed by atoms with E-state index in [4.69, 9.17) is 9.47 Å². The van der Waals surface area contributed by atoms with Crippen LogP contribution in [0.15, 0.2) is 11.6 Å². The molecule has 2 N–H and O–H groups in total. The van der Waals surface area contributed by atoms with Crippen molar-refractivity contribution in [2.24, 2.45) is 23.7 Å². The Morgan fingerprint density at radius 2 is 1.64 bits per heavy atom. The molecule has 0 saturated carbocycles. The van der Waals surface area contributed by atoms with E-state index in [1.54, 1.807) is 13.0 Å². The highest BCUT2D eigenvalue weighted by Gasteiger charge is 2.44. The van der Waals surface area contributed by atoms with Gasteiger partial charge in [-0.1, -0.05) is 32.4 Å². The molecule has 0 fully saturated rings. The number of ether oxygens (including phenoxy) is 2. The molecule has 0 amide bonds. The van der Waals surface area contributed by atoms with Crippen molar-refractivity contribution in [3.8, 4) is 0 Å². The number of allylic oxidation sites excluding steroid dienone is 1. The summed E-state index contributed by atoms with van der Waals surface area (Å²) in [5.74, 6) is -7.41. The predicted octanol–water partition coefficient (Wildman–Crippen LogP) is 2.66. The molecule has 0 radical (unpaired) electrons. The number of esters is 2. The van der Waals surface area contributed by atoms with E-state index in [-0.39, 0.29) is 26.1 Å². The number of aliphatic carboxylic acids is 2. The Morgan fingerprint density at radius 1 is 1.04 bits per heavy atom. The third kappa shape index (κ3) is 6.35. The standard InChI is InChI=1S/C20H30O8/c1-4-7-27-16(21)11-14(20(26)28-8-5-2)13-9-12(6-3)17(19(24)25)15(10-13)18(22)23/h9,13-15,17H,4-8,10-11H2,1-3H3,(H,22,23)(H,24,25). The average molecular weight is 398 g/mol. The van der Waals surface area contributed by atoms with E-state index in [0.717, 1.165) is 0 Å². The van der Waals surface area contributed by atoms with Crippen LogP contribution < -0.4 is 0 Å². The van der Waals surface area contributed by atoms with Gasteiger partial charge in [0, 0.05) is 0 Å². The van der Waals surface area contributed by atoms with Crippen molar-refractivity contribution in [2.75, 3.05) is 13.2 Å². The molecule has 4 unspecified atom stereocenters. The minimum Gasteiger partial charge on any atom is -0.481 e. The molecule has 1 aliphatic rings. The van der Waals surface area contributed by atoms with Gasteiger partial charge in [-0.25, -0.2) is 0 Å². The Labute approximate surface area is 164 Å². The Morgan fingerprint density at radius 3 is 2.14 bits per heavy atom. The van der Waals surface area contributed by atoms with Crippen LogP contribution in [0.2, 0.25) is 0 Å². The molecule has 0 saturated heterocycles. The molecule has 28 heavy (non-hydrogen) atoms. The summed E-state index contributed by atoms with van der Waals surface area (Å²) in [6.45, 7) is 5.85. The van der Waals surface area contributed by atoms with Crippen molar-refractivity contribution in [2.45, 2.75) is 52.9 Å². The van der Waals surface area contributed by atoms with Gasteiger partial charge in [-0.05, 0) is 31.6 Å². The topological polar surface area (TPSA) is 127 Å².